The number of carbonyl (C=O) groups is 1. The normalized spacial score (nSPS) is 11.4. The van der Waals surface area contributed by atoms with E-state index in [9.17, 15) is 13.2 Å². The molecule has 0 heterocycles. The fraction of sp³-hybridized carbons (Fsp3) is 0.267. The van der Waals surface area contributed by atoms with Gasteiger partial charge in [0, 0.05) is 5.54 Å². The molecule has 0 aliphatic rings. The van der Waals surface area contributed by atoms with Gasteiger partial charge in [-0.15, -0.1) is 0 Å². The van der Waals surface area contributed by atoms with Gasteiger partial charge in [-0.3, -0.25) is 9.35 Å². The van der Waals surface area contributed by atoms with Crippen LogP contribution in [0.15, 0.2) is 48.4 Å². The maximum atomic E-state index is 10.6. The van der Waals surface area contributed by atoms with Gasteiger partial charge in [-0.2, -0.15) is 8.42 Å². The molecule has 6 heteroatoms. The first-order chi connectivity index (χ1) is 9.53. The first-order valence-corrected chi connectivity index (χ1v) is 7.69. The third-order valence-corrected chi connectivity index (χ3v) is 2.40. The van der Waals surface area contributed by atoms with E-state index in [1.165, 1.54) is 12.2 Å². The zero-order chi connectivity index (χ0) is 16.5. The topological polar surface area (TPSA) is 83.5 Å². The Morgan fingerprint density at radius 1 is 1.24 bits per heavy atom. The van der Waals surface area contributed by atoms with Gasteiger partial charge < -0.3 is 5.32 Å². The van der Waals surface area contributed by atoms with Crippen LogP contribution >= 0.6 is 0 Å². The van der Waals surface area contributed by atoms with Crippen LogP contribution in [0.5, 0.6) is 0 Å². The second-order valence-corrected chi connectivity index (χ2v) is 6.47. The molecule has 0 aromatic heterocycles. The van der Waals surface area contributed by atoms with Crippen molar-refractivity contribution in [3.05, 3.63) is 54.0 Å². The standard InChI is InChI=1S/C8H8O3S.C7H13NO/c9-12(10,11)7-6-8-4-2-1-3-5-8;1-5-6(9)8-7(2,3)4/h1-7H,(H,9,10,11);5H,1H2,2-4H3,(H,8,9). The summed E-state index contributed by atoms with van der Waals surface area (Å²) < 4.78 is 28.9. The summed E-state index contributed by atoms with van der Waals surface area (Å²) in [5, 5.41) is 3.46. The Morgan fingerprint density at radius 2 is 1.76 bits per heavy atom. The average molecular weight is 311 g/mol. The van der Waals surface area contributed by atoms with Crippen molar-refractivity contribution in [2.75, 3.05) is 0 Å². The van der Waals surface area contributed by atoms with Crippen molar-refractivity contribution in [1.82, 2.24) is 5.32 Å². The number of benzene rings is 1. The number of carbonyl (C=O) groups excluding carboxylic acids is 1. The molecular weight excluding hydrogens is 290 g/mol. The molecule has 0 atom stereocenters. The number of nitrogens with one attached hydrogen (secondary N) is 1. The Balaban J connectivity index is 0.000000400. The lowest BCUT2D eigenvalue weighted by Crippen LogP contribution is -2.39. The highest BCUT2D eigenvalue weighted by atomic mass is 32.2. The summed E-state index contributed by atoms with van der Waals surface area (Å²) in [5.74, 6) is -0.123. The summed E-state index contributed by atoms with van der Waals surface area (Å²) in [6.45, 7) is 9.11. The van der Waals surface area contributed by atoms with Crippen LogP contribution in [0.2, 0.25) is 0 Å². The predicted molar refractivity (Wildman–Crippen MR) is 85.1 cm³/mol. The largest absolute Gasteiger partial charge is 0.348 e. The molecule has 116 valence electrons. The zero-order valence-corrected chi connectivity index (χ0v) is 13.2. The van der Waals surface area contributed by atoms with Crippen LogP contribution < -0.4 is 5.32 Å². The lowest BCUT2D eigenvalue weighted by Gasteiger charge is -2.18. The highest BCUT2D eigenvalue weighted by Crippen LogP contribution is 2.02. The molecule has 1 rings (SSSR count). The molecule has 0 radical (unpaired) electrons. The predicted octanol–water partition coefficient (Wildman–Crippen LogP) is 2.63. The van der Waals surface area contributed by atoms with Crippen LogP contribution in [-0.4, -0.2) is 24.4 Å². The summed E-state index contributed by atoms with van der Waals surface area (Å²) in [5.41, 5.74) is 0.584. The van der Waals surface area contributed by atoms with Crippen LogP contribution in [-0.2, 0) is 14.9 Å². The first kappa shape index (κ1) is 19.1. The number of hydrogen-bond donors (Lipinski definition) is 2. The highest BCUT2D eigenvalue weighted by Gasteiger charge is 2.10. The Labute approximate surface area is 126 Å². The van der Waals surface area contributed by atoms with Crippen LogP contribution in [0.1, 0.15) is 26.3 Å². The van der Waals surface area contributed by atoms with Gasteiger partial charge in [0.1, 0.15) is 0 Å². The van der Waals surface area contributed by atoms with E-state index in [2.05, 4.69) is 11.9 Å². The molecule has 0 bridgehead atoms. The summed E-state index contributed by atoms with van der Waals surface area (Å²) in [7, 11) is -4.00. The molecular formula is C15H21NO4S. The maximum Gasteiger partial charge on any atom is 0.287 e. The molecule has 1 amide bonds. The maximum absolute atomic E-state index is 10.6. The Morgan fingerprint density at radius 3 is 2.10 bits per heavy atom. The fourth-order valence-electron chi connectivity index (χ4n) is 1.15. The number of hydrogen-bond acceptors (Lipinski definition) is 3. The third-order valence-electron chi connectivity index (χ3n) is 1.92. The molecule has 0 aliphatic carbocycles. The molecule has 1 aromatic rings. The highest BCUT2D eigenvalue weighted by molar-refractivity contribution is 7.88. The van der Waals surface area contributed by atoms with Gasteiger partial charge in [-0.25, -0.2) is 0 Å². The van der Waals surface area contributed by atoms with Gasteiger partial charge in [0.25, 0.3) is 10.1 Å². The van der Waals surface area contributed by atoms with Crippen LogP contribution in [0.3, 0.4) is 0 Å². The van der Waals surface area contributed by atoms with Crippen molar-refractivity contribution in [3.63, 3.8) is 0 Å². The van der Waals surface area contributed by atoms with Gasteiger partial charge in [0.2, 0.25) is 5.91 Å². The van der Waals surface area contributed by atoms with Crippen molar-refractivity contribution in [2.24, 2.45) is 0 Å². The van der Waals surface area contributed by atoms with Crippen molar-refractivity contribution in [1.29, 1.82) is 0 Å². The van der Waals surface area contributed by atoms with Gasteiger partial charge >= 0.3 is 0 Å². The molecule has 2 N–H and O–H groups in total. The van der Waals surface area contributed by atoms with Gasteiger partial charge in [0.05, 0.1) is 5.41 Å². The molecule has 21 heavy (non-hydrogen) atoms. The average Bonchev–Trinajstić information content (AvgIpc) is 2.35. The van der Waals surface area contributed by atoms with Crippen molar-refractivity contribution in [2.45, 2.75) is 26.3 Å². The molecule has 5 nitrogen and oxygen atoms in total. The summed E-state index contributed by atoms with van der Waals surface area (Å²) in [6, 6.07) is 8.86. The Hall–Kier alpha value is -1.92. The van der Waals surface area contributed by atoms with E-state index in [0.29, 0.717) is 0 Å². The van der Waals surface area contributed by atoms with Gasteiger partial charge in [-0.1, -0.05) is 36.9 Å². The molecule has 0 saturated heterocycles. The Bertz CT molecular complexity index is 584. The van der Waals surface area contributed by atoms with E-state index >= 15 is 0 Å². The number of amides is 1. The summed E-state index contributed by atoms with van der Waals surface area (Å²) >= 11 is 0. The van der Waals surface area contributed by atoms with E-state index in [4.69, 9.17) is 4.55 Å². The van der Waals surface area contributed by atoms with Crippen molar-refractivity contribution in [3.8, 4) is 0 Å². The third kappa shape index (κ3) is 12.8. The fourth-order valence-corrected chi connectivity index (χ4v) is 1.48. The minimum absolute atomic E-state index is 0.123. The van der Waals surface area contributed by atoms with Crippen molar-refractivity contribution >= 4 is 22.1 Å². The second-order valence-electron chi connectivity index (χ2n) is 5.17. The monoisotopic (exact) mass is 311 g/mol. The van der Waals surface area contributed by atoms with Gasteiger partial charge in [0.15, 0.2) is 0 Å². The SMILES string of the molecule is C=CC(=O)NC(C)(C)C.O=S(=O)(O)C=Cc1ccccc1. The lowest BCUT2D eigenvalue weighted by atomic mass is 10.1. The molecule has 0 saturated carbocycles. The zero-order valence-electron chi connectivity index (χ0n) is 12.4. The minimum Gasteiger partial charge on any atom is -0.348 e. The van der Waals surface area contributed by atoms with Crippen molar-refractivity contribution < 1.29 is 17.8 Å². The first-order valence-electron chi connectivity index (χ1n) is 6.19. The van der Waals surface area contributed by atoms with E-state index in [-0.39, 0.29) is 11.4 Å². The van der Waals surface area contributed by atoms with E-state index in [0.717, 1.165) is 11.0 Å². The molecule has 0 spiro atoms. The molecule has 0 aliphatic heterocycles. The lowest BCUT2D eigenvalue weighted by molar-refractivity contribution is -0.117. The smallest absolute Gasteiger partial charge is 0.287 e. The van der Waals surface area contributed by atoms with E-state index in [1.807, 2.05) is 26.8 Å². The minimum atomic E-state index is -4.00. The molecule has 0 unspecified atom stereocenters. The Kier molecular flexibility index (Phi) is 7.62. The van der Waals surface area contributed by atoms with E-state index < -0.39 is 10.1 Å². The second kappa shape index (κ2) is 8.39. The van der Waals surface area contributed by atoms with Crippen LogP contribution in [0, 0.1) is 0 Å². The quantitative estimate of drug-likeness (QED) is 0.664. The van der Waals surface area contributed by atoms with E-state index in [1.54, 1.807) is 24.3 Å². The summed E-state index contributed by atoms with van der Waals surface area (Å²) in [4.78, 5) is 10.6. The van der Waals surface area contributed by atoms with Gasteiger partial charge in [-0.05, 0) is 38.5 Å². The molecule has 0 fully saturated rings. The van der Waals surface area contributed by atoms with Crippen LogP contribution in [0.25, 0.3) is 6.08 Å². The molecule has 1 aromatic carbocycles. The van der Waals surface area contributed by atoms with Crippen LogP contribution in [0.4, 0.5) is 0 Å². The summed E-state index contributed by atoms with van der Waals surface area (Å²) in [6.07, 6.45) is 2.60. The number of rotatable bonds is 3.